The predicted molar refractivity (Wildman–Crippen MR) is 95.2 cm³/mol. The summed E-state index contributed by atoms with van der Waals surface area (Å²) < 4.78 is 12.9. The summed E-state index contributed by atoms with van der Waals surface area (Å²) in [6.45, 7) is 4.26. The minimum absolute atomic E-state index is 0.218. The molecule has 2 aromatic carbocycles. The molecule has 0 aliphatic carbocycles. The highest BCUT2D eigenvalue weighted by Crippen LogP contribution is 2.26. The lowest BCUT2D eigenvalue weighted by Gasteiger charge is -2.17. The topological polar surface area (TPSA) is 41.1 Å². The van der Waals surface area contributed by atoms with Gasteiger partial charge in [-0.05, 0) is 60.5 Å². The summed E-state index contributed by atoms with van der Waals surface area (Å²) in [4.78, 5) is 12.1. The van der Waals surface area contributed by atoms with Gasteiger partial charge in [-0.2, -0.15) is 0 Å². The van der Waals surface area contributed by atoms with Gasteiger partial charge in [0.1, 0.15) is 5.82 Å². The zero-order chi connectivity index (χ0) is 16.8. The number of anilines is 1. The van der Waals surface area contributed by atoms with E-state index in [9.17, 15) is 9.18 Å². The molecule has 2 rings (SSSR count). The Labute approximate surface area is 140 Å². The quantitative estimate of drug-likeness (QED) is 0.813. The van der Waals surface area contributed by atoms with Crippen LogP contribution in [0.15, 0.2) is 48.5 Å². The molecule has 23 heavy (non-hydrogen) atoms. The van der Waals surface area contributed by atoms with Crippen LogP contribution in [0.3, 0.4) is 0 Å². The highest BCUT2D eigenvalue weighted by atomic mass is 32.1. The van der Waals surface area contributed by atoms with E-state index in [0.717, 1.165) is 17.7 Å². The molecule has 0 saturated heterocycles. The fraction of sp³-hybridized carbons (Fsp3) is 0.222. The van der Waals surface area contributed by atoms with Gasteiger partial charge in [0, 0.05) is 11.3 Å². The molecule has 0 saturated carbocycles. The van der Waals surface area contributed by atoms with Crippen LogP contribution in [0, 0.1) is 5.82 Å². The van der Waals surface area contributed by atoms with Gasteiger partial charge in [-0.3, -0.25) is 10.1 Å². The summed E-state index contributed by atoms with van der Waals surface area (Å²) in [6, 6.07) is 13.2. The minimum atomic E-state index is -0.385. The Bertz CT molecular complexity index is 700. The van der Waals surface area contributed by atoms with Gasteiger partial charge in [-0.1, -0.05) is 32.0 Å². The molecule has 5 heteroatoms. The van der Waals surface area contributed by atoms with E-state index in [-0.39, 0.29) is 16.8 Å². The lowest BCUT2D eigenvalue weighted by atomic mass is 9.97. The predicted octanol–water partition coefficient (Wildman–Crippen LogP) is 4.47. The van der Waals surface area contributed by atoms with E-state index in [1.165, 1.54) is 24.3 Å². The molecule has 0 bridgehead atoms. The van der Waals surface area contributed by atoms with E-state index in [4.69, 9.17) is 12.2 Å². The summed E-state index contributed by atoms with van der Waals surface area (Å²) in [7, 11) is 0. The molecule has 0 aliphatic rings. The first-order valence-electron chi connectivity index (χ1n) is 7.48. The number of carbonyl (C=O) groups excluding carboxylic acids is 1. The van der Waals surface area contributed by atoms with Crippen molar-refractivity contribution in [1.29, 1.82) is 0 Å². The maximum atomic E-state index is 12.9. The molecule has 0 radical (unpaired) electrons. The smallest absolute Gasteiger partial charge is 0.257 e. The van der Waals surface area contributed by atoms with Crippen molar-refractivity contribution in [3.63, 3.8) is 0 Å². The van der Waals surface area contributed by atoms with Crippen molar-refractivity contribution >= 4 is 28.9 Å². The number of amides is 1. The largest absolute Gasteiger partial charge is 0.332 e. The van der Waals surface area contributed by atoms with Gasteiger partial charge in [0.15, 0.2) is 5.11 Å². The summed E-state index contributed by atoms with van der Waals surface area (Å²) in [6.07, 6.45) is 1.01. The number of carbonyl (C=O) groups is 1. The van der Waals surface area contributed by atoms with Crippen LogP contribution in [0.4, 0.5) is 10.1 Å². The Kier molecular flexibility index (Phi) is 5.82. The zero-order valence-corrected chi connectivity index (χ0v) is 13.9. The number of hydrogen-bond acceptors (Lipinski definition) is 2. The summed E-state index contributed by atoms with van der Waals surface area (Å²) >= 11 is 5.20. The van der Waals surface area contributed by atoms with Crippen LogP contribution in [-0.2, 0) is 0 Å². The van der Waals surface area contributed by atoms with E-state index in [2.05, 4.69) is 24.5 Å². The van der Waals surface area contributed by atoms with E-state index < -0.39 is 0 Å². The van der Waals surface area contributed by atoms with Crippen LogP contribution in [-0.4, -0.2) is 11.0 Å². The van der Waals surface area contributed by atoms with Crippen molar-refractivity contribution in [2.24, 2.45) is 0 Å². The molecular formula is C18H19FN2OS. The molecule has 0 spiro atoms. The highest BCUT2D eigenvalue weighted by molar-refractivity contribution is 7.80. The van der Waals surface area contributed by atoms with Crippen molar-refractivity contribution < 1.29 is 9.18 Å². The van der Waals surface area contributed by atoms with Crippen molar-refractivity contribution in [2.75, 3.05) is 5.32 Å². The molecule has 120 valence electrons. The van der Waals surface area contributed by atoms with E-state index in [0.29, 0.717) is 11.5 Å². The third-order valence-corrected chi connectivity index (χ3v) is 3.89. The van der Waals surface area contributed by atoms with E-state index in [1.807, 2.05) is 24.3 Å². The Morgan fingerprint density at radius 1 is 1.17 bits per heavy atom. The van der Waals surface area contributed by atoms with Gasteiger partial charge in [0.05, 0.1) is 0 Å². The van der Waals surface area contributed by atoms with Crippen LogP contribution in [0.2, 0.25) is 0 Å². The second kappa shape index (κ2) is 7.83. The van der Waals surface area contributed by atoms with Crippen LogP contribution in [0.5, 0.6) is 0 Å². The summed E-state index contributed by atoms with van der Waals surface area (Å²) in [5.41, 5.74) is 2.38. The monoisotopic (exact) mass is 330 g/mol. The molecular weight excluding hydrogens is 311 g/mol. The molecule has 2 N–H and O–H groups in total. The first-order valence-corrected chi connectivity index (χ1v) is 7.89. The Morgan fingerprint density at radius 2 is 1.83 bits per heavy atom. The van der Waals surface area contributed by atoms with Crippen LogP contribution < -0.4 is 10.6 Å². The number of benzene rings is 2. The standard InChI is InChI=1S/C18H19FN2OS/c1-3-12(2)15-6-4-5-7-16(15)20-18(23)21-17(22)13-8-10-14(19)11-9-13/h4-12H,3H2,1-2H3,(H2,20,21,22,23)/t12-/m0/s1. The Balaban J connectivity index is 2.05. The van der Waals surface area contributed by atoms with E-state index in [1.54, 1.807) is 0 Å². The normalized spacial score (nSPS) is 11.6. The molecule has 0 unspecified atom stereocenters. The molecule has 2 aromatic rings. The average Bonchev–Trinajstić information content (AvgIpc) is 2.55. The lowest BCUT2D eigenvalue weighted by molar-refractivity contribution is 0.0977. The zero-order valence-electron chi connectivity index (χ0n) is 13.1. The Hall–Kier alpha value is -2.27. The molecule has 0 fully saturated rings. The first-order chi connectivity index (χ1) is 11.0. The van der Waals surface area contributed by atoms with Crippen LogP contribution in [0.1, 0.15) is 42.1 Å². The van der Waals surface area contributed by atoms with Crippen molar-refractivity contribution in [3.05, 3.63) is 65.5 Å². The number of nitrogens with one attached hydrogen (secondary N) is 2. The highest BCUT2D eigenvalue weighted by Gasteiger charge is 2.12. The first kappa shape index (κ1) is 17.1. The molecule has 0 heterocycles. The summed E-state index contributed by atoms with van der Waals surface area (Å²) in [5.74, 6) is -0.373. The minimum Gasteiger partial charge on any atom is -0.332 e. The number of para-hydroxylation sites is 1. The average molecular weight is 330 g/mol. The fourth-order valence-electron chi connectivity index (χ4n) is 2.19. The van der Waals surface area contributed by atoms with Gasteiger partial charge in [-0.25, -0.2) is 4.39 Å². The third kappa shape index (κ3) is 4.60. The maximum absolute atomic E-state index is 12.9. The van der Waals surface area contributed by atoms with Gasteiger partial charge in [-0.15, -0.1) is 0 Å². The van der Waals surface area contributed by atoms with Crippen molar-refractivity contribution in [1.82, 2.24) is 5.32 Å². The molecule has 3 nitrogen and oxygen atoms in total. The van der Waals surface area contributed by atoms with Gasteiger partial charge < -0.3 is 5.32 Å². The second-order valence-corrected chi connectivity index (χ2v) is 5.72. The number of thiocarbonyl (C=S) groups is 1. The number of rotatable bonds is 4. The molecule has 0 aromatic heterocycles. The SMILES string of the molecule is CC[C@H](C)c1ccccc1NC(=S)NC(=O)c1ccc(F)cc1. The Morgan fingerprint density at radius 3 is 2.48 bits per heavy atom. The van der Waals surface area contributed by atoms with Crippen molar-refractivity contribution in [3.8, 4) is 0 Å². The molecule has 0 aliphatic heterocycles. The van der Waals surface area contributed by atoms with Gasteiger partial charge >= 0.3 is 0 Å². The number of halogens is 1. The fourth-order valence-corrected chi connectivity index (χ4v) is 2.39. The number of hydrogen-bond donors (Lipinski definition) is 2. The second-order valence-electron chi connectivity index (χ2n) is 5.31. The van der Waals surface area contributed by atoms with Gasteiger partial charge in [0.25, 0.3) is 5.91 Å². The maximum Gasteiger partial charge on any atom is 0.257 e. The third-order valence-electron chi connectivity index (χ3n) is 3.69. The summed E-state index contributed by atoms with van der Waals surface area (Å²) in [5, 5.41) is 5.89. The molecule has 1 amide bonds. The van der Waals surface area contributed by atoms with Crippen LogP contribution in [0.25, 0.3) is 0 Å². The lowest BCUT2D eigenvalue weighted by Crippen LogP contribution is -2.34. The van der Waals surface area contributed by atoms with Crippen LogP contribution >= 0.6 is 12.2 Å². The van der Waals surface area contributed by atoms with E-state index >= 15 is 0 Å². The van der Waals surface area contributed by atoms with Gasteiger partial charge in [0.2, 0.25) is 0 Å². The molecule has 1 atom stereocenters. The van der Waals surface area contributed by atoms with Crippen molar-refractivity contribution in [2.45, 2.75) is 26.2 Å².